The first-order valence-corrected chi connectivity index (χ1v) is 8.62. The van der Waals surface area contributed by atoms with Crippen molar-refractivity contribution in [2.24, 2.45) is 5.10 Å². The molecule has 0 saturated heterocycles. The van der Waals surface area contributed by atoms with E-state index < -0.39 is 0 Å². The van der Waals surface area contributed by atoms with Gasteiger partial charge in [-0.1, -0.05) is 6.92 Å². The number of anilines is 1. The third-order valence-corrected chi connectivity index (χ3v) is 3.74. The van der Waals surface area contributed by atoms with E-state index in [2.05, 4.69) is 15.8 Å². The first-order valence-electron chi connectivity index (χ1n) is 8.62. The van der Waals surface area contributed by atoms with Gasteiger partial charge in [0.15, 0.2) is 0 Å². The van der Waals surface area contributed by atoms with Crippen molar-refractivity contribution >= 4 is 17.8 Å². The van der Waals surface area contributed by atoms with Crippen LogP contribution in [0, 0.1) is 0 Å². The molecule has 2 N–H and O–H groups in total. The van der Waals surface area contributed by atoms with E-state index >= 15 is 0 Å². The molecule has 2 aromatic rings. The van der Waals surface area contributed by atoms with Crippen LogP contribution in [-0.4, -0.2) is 31.9 Å². The van der Waals surface area contributed by atoms with Crippen molar-refractivity contribution in [3.8, 4) is 11.5 Å². The molecule has 6 nitrogen and oxygen atoms in total. The fraction of sp³-hybridized carbons (Fsp3) is 0.300. The highest BCUT2D eigenvalue weighted by atomic mass is 16.5. The van der Waals surface area contributed by atoms with Crippen LogP contribution in [0.4, 0.5) is 5.69 Å². The van der Waals surface area contributed by atoms with Crippen molar-refractivity contribution in [1.29, 1.82) is 0 Å². The highest BCUT2D eigenvalue weighted by molar-refractivity contribution is 5.86. The van der Waals surface area contributed by atoms with Crippen molar-refractivity contribution in [3.05, 3.63) is 54.1 Å². The number of amides is 1. The molecule has 0 spiro atoms. The molecule has 0 unspecified atom stereocenters. The lowest BCUT2D eigenvalue weighted by Crippen LogP contribution is -2.36. The fourth-order valence-corrected chi connectivity index (χ4v) is 2.31. The Balaban J connectivity index is 1.89. The summed E-state index contributed by atoms with van der Waals surface area (Å²) in [6.07, 6.45) is 2.24. The number of rotatable bonds is 9. The Hall–Kier alpha value is -3.02. The van der Waals surface area contributed by atoms with Gasteiger partial charge in [-0.15, -0.1) is 0 Å². The van der Waals surface area contributed by atoms with E-state index in [0.717, 1.165) is 22.7 Å². The van der Waals surface area contributed by atoms with Gasteiger partial charge in [-0.05, 0) is 67.4 Å². The molecule has 0 aromatic heterocycles. The van der Waals surface area contributed by atoms with Crippen LogP contribution in [0.5, 0.6) is 11.5 Å². The van der Waals surface area contributed by atoms with Crippen LogP contribution in [0.15, 0.2) is 53.6 Å². The quantitative estimate of drug-likeness (QED) is 0.534. The normalized spacial score (nSPS) is 11.8. The second-order valence-corrected chi connectivity index (χ2v) is 5.57. The van der Waals surface area contributed by atoms with Gasteiger partial charge in [0.2, 0.25) is 0 Å². The number of carbonyl (C=O) groups is 1. The highest BCUT2D eigenvalue weighted by Gasteiger charge is 2.15. The molecule has 6 heteroatoms. The zero-order valence-electron chi connectivity index (χ0n) is 15.4. The van der Waals surface area contributed by atoms with E-state index in [0.29, 0.717) is 13.0 Å². The Kier molecular flexibility index (Phi) is 7.49. The predicted octanol–water partition coefficient (Wildman–Crippen LogP) is 3.43. The Bertz CT molecular complexity index is 712. The summed E-state index contributed by atoms with van der Waals surface area (Å²) in [6, 6.07) is 14.6. The molecule has 0 heterocycles. The van der Waals surface area contributed by atoms with Crippen LogP contribution in [0.2, 0.25) is 0 Å². The molecule has 26 heavy (non-hydrogen) atoms. The molecular formula is C20H25N3O3. The Morgan fingerprint density at radius 1 is 1.08 bits per heavy atom. The van der Waals surface area contributed by atoms with Crippen molar-refractivity contribution in [1.82, 2.24) is 5.43 Å². The third kappa shape index (κ3) is 5.81. The van der Waals surface area contributed by atoms with Crippen LogP contribution in [-0.2, 0) is 4.79 Å². The molecule has 0 aliphatic heterocycles. The number of hydrogen-bond acceptors (Lipinski definition) is 5. The Labute approximate surface area is 154 Å². The van der Waals surface area contributed by atoms with E-state index in [-0.39, 0.29) is 11.9 Å². The first kappa shape index (κ1) is 19.3. The van der Waals surface area contributed by atoms with E-state index in [1.165, 1.54) is 0 Å². The molecule has 0 aliphatic carbocycles. The summed E-state index contributed by atoms with van der Waals surface area (Å²) in [6.45, 7) is 4.51. The lowest BCUT2D eigenvalue weighted by atomic mass is 10.2. The van der Waals surface area contributed by atoms with Crippen LogP contribution in [0.25, 0.3) is 0 Å². The fourth-order valence-electron chi connectivity index (χ4n) is 2.31. The van der Waals surface area contributed by atoms with Crippen LogP contribution in [0.3, 0.4) is 0 Å². The number of hydrogen-bond donors (Lipinski definition) is 2. The van der Waals surface area contributed by atoms with Crippen LogP contribution < -0.4 is 20.2 Å². The summed E-state index contributed by atoms with van der Waals surface area (Å²) in [5.74, 6) is 1.39. The molecular weight excluding hydrogens is 330 g/mol. The Morgan fingerprint density at radius 3 is 2.31 bits per heavy atom. The van der Waals surface area contributed by atoms with Crippen molar-refractivity contribution in [2.45, 2.75) is 26.3 Å². The zero-order valence-corrected chi connectivity index (χ0v) is 15.4. The summed E-state index contributed by atoms with van der Waals surface area (Å²) in [7, 11) is 1.62. The van der Waals surface area contributed by atoms with Crippen LogP contribution in [0.1, 0.15) is 25.8 Å². The van der Waals surface area contributed by atoms with Gasteiger partial charge in [-0.25, -0.2) is 5.43 Å². The zero-order chi connectivity index (χ0) is 18.8. The monoisotopic (exact) mass is 355 g/mol. The van der Waals surface area contributed by atoms with Crippen molar-refractivity contribution in [3.63, 3.8) is 0 Å². The molecule has 0 saturated carbocycles. The van der Waals surface area contributed by atoms with Crippen molar-refractivity contribution < 1.29 is 14.3 Å². The maximum atomic E-state index is 12.3. The predicted molar refractivity (Wildman–Crippen MR) is 104 cm³/mol. The Morgan fingerprint density at radius 2 is 1.73 bits per heavy atom. The van der Waals surface area contributed by atoms with Gasteiger partial charge in [-0.3, -0.25) is 4.79 Å². The standard InChI is InChI=1S/C20H25N3O3/c1-4-19(22-16-8-12-17(25-3)13-9-16)20(24)23-21-14-15-6-10-18(11-7-15)26-5-2/h6-14,19,22H,4-5H2,1-3H3,(H,23,24)/b21-14-/t19-/m0/s1. The van der Waals surface area contributed by atoms with Crippen molar-refractivity contribution in [2.75, 3.05) is 19.0 Å². The minimum Gasteiger partial charge on any atom is -0.497 e. The molecule has 1 amide bonds. The summed E-state index contributed by atoms with van der Waals surface area (Å²) in [4.78, 5) is 12.3. The number of carbonyl (C=O) groups excluding carboxylic acids is 1. The molecule has 2 rings (SSSR count). The minimum absolute atomic E-state index is 0.189. The van der Waals surface area contributed by atoms with Gasteiger partial charge in [0.25, 0.3) is 5.91 Å². The molecule has 2 aromatic carbocycles. The topological polar surface area (TPSA) is 72.0 Å². The smallest absolute Gasteiger partial charge is 0.262 e. The molecule has 0 aliphatic rings. The van der Waals surface area contributed by atoms with Crippen LogP contribution >= 0.6 is 0 Å². The molecule has 0 fully saturated rings. The van der Waals surface area contributed by atoms with E-state index in [1.54, 1.807) is 13.3 Å². The largest absolute Gasteiger partial charge is 0.497 e. The summed E-state index contributed by atoms with van der Waals surface area (Å²) >= 11 is 0. The molecule has 138 valence electrons. The van der Waals surface area contributed by atoms with Gasteiger partial charge < -0.3 is 14.8 Å². The number of nitrogens with zero attached hydrogens (tertiary/aromatic N) is 1. The lowest BCUT2D eigenvalue weighted by Gasteiger charge is -2.16. The SMILES string of the molecule is CCOc1ccc(/C=N\NC(=O)[C@H](CC)Nc2ccc(OC)cc2)cc1. The van der Waals surface area contributed by atoms with Gasteiger partial charge in [0.05, 0.1) is 19.9 Å². The second kappa shape index (κ2) is 10.1. The number of methoxy groups -OCH3 is 1. The van der Waals surface area contributed by atoms with E-state index in [1.807, 2.05) is 62.4 Å². The minimum atomic E-state index is -0.374. The maximum Gasteiger partial charge on any atom is 0.262 e. The van der Waals surface area contributed by atoms with Gasteiger partial charge >= 0.3 is 0 Å². The molecule has 0 radical (unpaired) electrons. The van der Waals surface area contributed by atoms with E-state index in [4.69, 9.17) is 9.47 Å². The maximum absolute atomic E-state index is 12.3. The van der Waals surface area contributed by atoms with Gasteiger partial charge in [0, 0.05) is 5.69 Å². The summed E-state index contributed by atoms with van der Waals surface area (Å²) in [5, 5.41) is 7.22. The molecule has 0 bridgehead atoms. The number of hydrazone groups is 1. The average Bonchev–Trinajstić information content (AvgIpc) is 2.68. The first-order chi connectivity index (χ1) is 12.7. The summed E-state index contributed by atoms with van der Waals surface area (Å²) in [5.41, 5.74) is 4.31. The lowest BCUT2D eigenvalue weighted by molar-refractivity contribution is -0.121. The number of ether oxygens (including phenoxy) is 2. The van der Waals surface area contributed by atoms with Gasteiger partial charge in [0.1, 0.15) is 17.5 Å². The second-order valence-electron chi connectivity index (χ2n) is 5.57. The summed E-state index contributed by atoms with van der Waals surface area (Å²) < 4.78 is 10.5. The third-order valence-electron chi connectivity index (χ3n) is 3.74. The van der Waals surface area contributed by atoms with Gasteiger partial charge in [-0.2, -0.15) is 5.10 Å². The average molecular weight is 355 g/mol. The number of nitrogens with one attached hydrogen (secondary N) is 2. The highest BCUT2D eigenvalue weighted by Crippen LogP contribution is 2.16. The number of benzene rings is 2. The van der Waals surface area contributed by atoms with E-state index in [9.17, 15) is 4.79 Å². The molecule has 1 atom stereocenters.